The molecule has 4 aromatic rings. The largest absolute Gasteiger partial charge is 0.497 e. The molecule has 0 atom stereocenters. The van der Waals surface area contributed by atoms with E-state index in [1.165, 1.54) is 0 Å². The lowest BCUT2D eigenvalue weighted by molar-refractivity contribution is -0.132. The summed E-state index contributed by atoms with van der Waals surface area (Å²) in [7, 11) is 1.63. The maximum atomic E-state index is 13.2. The summed E-state index contributed by atoms with van der Waals surface area (Å²) in [4.78, 5) is 30.5. The van der Waals surface area contributed by atoms with E-state index in [1.807, 2.05) is 59.5 Å². The minimum atomic E-state index is 0.0111. The molecule has 1 aliphatic heterocycles. The fourth-order valence-corrected chi connectivity index (χ4v) is 3.95. The van der Waals surface area contributed by atoms with Gasteiger partial charge in [0.05, 0.1) is 7.11 Å². The van der Waals surface area contributed by atoms with Crippen molar-refractivity contribution in [2.75, 3.05) is 38.2 Å². The summed E-state index contributed by atoms with van der Waals surface area (Å²) in [6.07, 6.45) is 3.46. The molecule has 1 saturated heterocycles. The number of piperazine rings is 1. The molecule has 172 valence electrons. The van der Waals surface area contributed by atoms with Crippen molar-refractivity contribution in [3.05, 3.63) is 73.1 Å². The Balaban J connectivity index is 1.35. The molecule has 1 aliphatic rings. The molecule has 1 fully saturated rings. The van der Waals surface area contributed by atoms with E-state index in [2.05, 4.69) is 14.9 Å². The third kappa shape index (κ3) is 4.59. The number of benzene rings is 2. The number of aromatic nitrogens is 5. The number of hydrogen-bond acceptors (Lipinski definition) is 7. The normalized spacial score (nSPS) is 13.7. The number of rotatable bonds is 6. The number of carbonyl (C=O) groups excluding carboxylic acids is 1. The first-order valence-electron chi connectivity index (χ1n) is 11.2. The van der Waals surface area contributed by atoms with E-state index in [0.29, 0.717) is 43.8 Å². The third-order valence-electron chi connectivity index (χ3n) is 5.80. The fraction of sp³-hybridized carbons (Fsp3) is 0.240. The molecule has 0 saturated carbocycles. The van der Waals surface area contributed by atoms with Gasteiger partial charge < -0.3 is 14.5 Å². The first-order valence-corrected chi connectivity index (χ1v) is 11.2. The molecule has 0 spiro atoms. The second-order valence-electron chi connectivity index (χ2n) is 7.93. The maximum absolute atomic E-state index is 13.2. The van der Waals surface area contributed by atoms with Crippen LogP contribution in [0.5, 0.6) is 5.75 Å². The highest BCUT2D eigenvalue weighted by Crippen LogP contribution is 2.24. The Hall–Kier alpha value is -4.27. The van der Waals surface area contributed by atoms with Crippen molar-refractivity contribution in [3.8, 4) is 28.5 Å². The van der Waals surface area contributed by atoms with E-state index in [0.717, 1.165) is 16.9 Å². The molecule has 9 heteroatoms. The van der Waals surface area contributed by atoms with Gasteiger partial charge >= 0.3 is 0 Å². The van der Waals surface area contributed by atoms with E-state index < -0.39 is 0 Å². The van der Waals surface area contributed by atoms with Crippen LogP contribution in [0.2, 0.25) is 0 Å². The van der Waals surface area contributed by atoms with Crippen LogP contribution in [-0.4, -0.2) is 68.8 Å². The second-order valence-corrected chi connectivity index (χ2v) is 7.93. The summed E-state index contributed by atoms with van der Waals surface area (Å²) in [5.41, 5.74) is 1.77. The standard InChI is InChI=1S/C25H25N7O2/c1-34-21-10-8-19(9-11-21)23-28-24(20-6-3-2-4-7-20)32(29-23)18-22(33)30-14-16-31(17-15-30)25-26-12-5-13-27-25/h2-13H,14-18H2,1H3. The first-order chi connectivity index (χ1) is 16.7. The van der Waals surface area contributed by atoms with Gasteiger partial charge in [0.25, 0.3) is 0 Å². The summed E-state index contributed by atoms with van der Waals surface area (Å²) in [6, 6.07) is 19.2. The van der Waals surface area contributed by atoms with Crippen molar-refractivity contribution in [1.82, 2.24) is 29.6 Å². The highest BCUT2D eigenvalue weighted by molar-refractivity contribution is 5.77. The van der Waals surface area contributed by atoms with Crippen molar-refractivity contribution in [2.45, 2.75) is 6.54 Å². The number of anilines is 1. The molecule has 1 amide bonds. The lowest BCUT2D eigenvalue weighted by atomic mass is 10.2. The van der Waals surface area contributed by atoms with Crippen LogP contribution in [0, 0.1) is 0 Å². The van der Waals surface area contributed by atoms with Gasteiger partial charge in [0.2, 0.25) is 11.9 Å². The average Bonchev–Trinajstić information content (AvgIpc) is 3.33. The van der Waals surface area contributed by atoms with Gasteiger partial charge in [0.15, 0.2) is 11.6 Å². The molecule has 5 rings (SSSR count). The van der Waals surface area contributed by atoms with E-state index in [-0.39, 0.29) is 12.5 Å². The minimum Gasteiger partial charge on any atom is -0.497 e. The Labute approximate surface area is 197 Å². The van der Waals surface area contributed by atoms with E-state index in [4.69, 9.17) is 14.8 Å². The SMILES string of the molecule is COc1ccc(-c2nc(-c3ccccc3)n(CC(=O)N3CCN(c4ncccn4)CC3)n2)cc1. The molecule has 34 heavy (non-hydrogen) atoms. The van der Waals surface area contributed by atoms with Crippen molar-refractivity contribution in [1.29, 1.82) is 0 Å². The fourth-order valence-electron chi connectivity index (χ4n) is 3.95. The van der Waals surface area contributed by atoms with Crippen molar-refractivity contribution < 1.29 is 9.53 Å². The Bertz CT molecular complexity index is 1240. The Kier molecular flexibility index (Phi) is 6.15. The highest BCUT2D eigenvalue weighted by Gasteiger charge is 2.24. The summed E-state index contributed by atoms with van der Waals surface area (Å²) in [5, 5.41) is 4.70. The number of amides is 1. The number of methoxy groups -OCH3 is 1. The van der Waals surface area contributed by atoms with Gasteiger partial charge in [-0.05, 0) is 30.3 Å². The number of carbonyl (C=O) groups is 1. The zero-order chi connectivity index (χ0) is 23.3. The van der Waals surface area contributed by atoms with Crippen LogP contribution in [0.1, 0.15) is 0 Å². The van der Waals surface area contributed by atoms with Crippen LogP contribution in [0.25, 0.3) is 22.8 Å². The van der Waals surface area contributed by atoms with E-state index >= 15 is 0 Å². The molecule has 3 heterocycles. The van der Waals surface area contributed by atoms with E-state index in [1.54, 1.807) is 30.3 Å². The Morgan fingerprint density at radius 2 is 1.59 bits per heavy atom. The molecule has 0 radical (unpaired) electrons. The Morgan fingerprint density at radius 3 is 2.26 bits per heavy atom. The number of hydrogen-bond donors (Lipinski definition) is 0. The maximum Gasteiger partial charge on any atom is 0.244 e. The predicted octanol–water partition coefficient (Wildman–Crippen LogP) is 2.76. The summed E-state index contributed by atoms with van der Waals surface area (Å²) in [5.74, 6) is 2.71. The minimum absolute atomic E-state index is 0.0111. The average molecular weight is 456 g/mol. The van der Waals surface area contributed by atoms with Gasteiger partial charge in [0.1, 0.15) is 12.3 Å². The van der Waals surface area contributed by atoms with Crippen LogP contribution in [0.15, 0.2) is 73.1 Å². The molecule has 0 unspecified atom stereocenters. The second kappa shape index (κ2) is 9.70. The molecule has 9 nitrogen and oxygen atoms in total. The summed E-state index contributed by atoms with van der Waals surface area (Å²) in [6.45, 7) is 2.72. The van der Waals surface area contributed by atoms with Crippen molar-refractivity contribution >= 4 is 11.9 Å². The lowest BCUT2D eigenvalue weighted by Gasteiger charge is -2.34. The van der Waals surface area contributed by atoms with E-state index in [9.17, 15) is 4.79 Å². The molecule has 2 aromatic heterocycles. The number of ether oxygens (including phenoxy) is 1. The molecule has 2 aromatic carbocycles. The van der Waals surface area contributed by atoms with Crippen LogP contribution >= 0.6 is 0 Å². The van der Waals surface area contributed by atoms with Crippen LogP contribution in [0.4, 0.5) is 5.95 Å². The Morgan fingerprint density at radius 1 is 0.882 bits per heavy atom. The van der Waals surface area contributed by atoms with Crippen LogP contribution in [0.3, 0.4) is 0 Å². The highest BCUT2D eigenvalue weighted by atomic mass is 16.5. The lowest BCUT2D eigenvalue weighted by Crippen LogP contribution is -2.50. The molecule has 0 N–H and O–H groups in total. The smallest absolute Gasteiger partial charge is 0.244 e. The van der Waals surface area contributed by atoms with Crippen LogP contribution in [-0.2, 0) is 11.3 Å². The zero-order valence-corrected chi connectivity index (χ0v) is 18.9. The summed E-state index contributed by atoms with van der Waals surface area (Å²) >= 11 is 0. The molecular formula is C25H25N7O2. The van der Waals surface area contributed by atoms with Gasteiger partial charge in [-0.1, -0.05) is 30.3 Å². The van der Waals surface area contributed by atoms with Gasteiger partial charge in [-0.15, -0.1) is 5.10 Å². The zero-order valence-electron chi connectivity index (χ0n) is 18.9. The topological polar surface area (TPSA) is 89.3 Å². The monoisotopic (exact) mass is 455 g/mol. The quantitative estimate of drug-likeness (QED) is 0.442. The van der Waals surface area contributed by atoms with Gasteiger partial charge in [-0.25, -0.2) is 19.6 Å². The summed E-state index contributed by atoms with van der Waals surface area (Å²) < 4.78 is 6.95. The molecule has 0 bridgehead atoms. The van der Waals surface area contributed by atoms with Crippen molar-refractivity contribution in [3.63, 3.8) is 0 Å². The number of nitrogens with zero attached hydrogens (tertiary/aromatic N) is 7. The third-order valence-corrected chi connectivity index (χ3v) is 5.80. The predicted molar refractivity (Wildman–Crippen MR) is 128 cm³/mol. The van der Waals surface area contributed by atoms with Gasteiger partial charge in [-0.3, -0.25) is 4.79 Å². The van der Waals surface area contributed by atoms with Crippen molar-refractivity contribution in [2.24, 2.45) is 0 Å². The molecule has 0 aliphatic carbocycles. The van der Waals surface area contributed by atoms with Gasteiger partial charge in [0, 0.05) is 49.7 Å². The molecular weight excluding hydrogens is 430 g/mol. The first kappa shape index (κ1) is 21.6. The van der Waals surface area contributed by atoms with Crippen LogP contribution < -0.4 is 9.64 Å². The van der Waals surface area contributed by atoms with Gasteiger partial charge in [-0.2, -0.15) is 0 Å².